The topological polar surface area (TPSA) is 40.7 Å². The van der Waals surface area contributed by atoms with E-state index < -0.39 is 0 Å². The van der Waals surface area contributed by atoms with E-state index in [-0.39, 0.29) is 0 Å². The summed E-state index contributed by atoms with van der Waals surface area (Å²) < 4.78 is 0. The maximum Gasteiger partial charge on any atom is 0.0923 e. The first-order valence-electron chi connectivity index (χ1n) is 6.22. The molecule has 0 radical (unpaired) electrons. The molecule has 1 aliphatic rings. The highest BCUT2D eigenvalue weighted by molar-refractivity contribution is 5.58. The molecule has 1 saturated heterocycles. The van der Waals surface area contributed by atoms with Crippen molar-refractivity contribution >= 4 is 0 Å². The zero-order valence-corrected chi connectivity index (χ0v) is 9.82. The molecule has 0 bridgehead atoms. The van der Waals surface area contributed by atoms with Crippen LogP contribution in [0, 0.1) is 5.92 Å². The summed E-state index contributed by atoms with van der Waals surface area (Å²) in [5.41, 5.74) is 3.48. The second kappa shape index (κ2) is 4.72. The Hall–Kier alpha value is -1.61. The molecule has 1 atom stereocenters. The molecular formula is C14H17N3. The lowest BCUT2D eigenvalue weighted by molar-refractivity contribution is 0.571. The number of aromatic nitrogens is 2. The van der Waals surface area contributed by atoms with Gasteiger partial charge in [0.25, 0.3) is 0 Å². The summed E-state index contributed by atoms with van der Waals surface area (Å²) in [6, 6.07) is 12.5. The number of rotatable bonds is 3. The standard InChI is InChI=1S/C14H17N3/c1-2-4-12(5-3-1)14-9-13(16-17-14)8-11-6-7-15-10-11/h1-5,9,11,15H,6-8,10H2,(H,16,17). The molecule has 88 valence electrons. The van der Waals surface area contributed by atoms with Crippen molar-refractivity contribution in [2.45, 2.75) is 12.8 Å². The molecule has 3 rings (SSSR count). The molecule has 1 unspecified atom stereocenters. The molecular weight excluding hydrogens is 210 g/mol. The van der Waals surface area contributed by atoms with Gasteiger partial charge in [-0.3, -0.25) is 5.10 Å². The zero-order valence-electron chi connectivity index (χ0n) is 9.82. The predicted octanol–water partition coefficient (Wildman–Crippen LogP) is 2.23. The van der Waals surface area contributed by atoms with Gasteiger partial charge in [-0.15, -0.1) is 0 Å². The second-order valence-electron chi connectivity index (χ2n) is 4.71. The highest BCUT2D eigenvalue weighted by Gasteiger charge is 2.16. The Kier molecular flexibility index (Phi) is 2.92. The zero-order chi connectivity index (χ0) is 11.5. The fourth-order valence-corrected chi connectivity index (χ4v) is 2.42. The lowest BCUT2D eigenvalue weighted by atomic mass is 10.0. The number of hydrogen-bond donors (Lipinski definition) is 2. The molecule has 17 heavy (non-hydrogen) atoms. The van der Waals surface area contributed by atoms with Gasteiger partial charge < -0.3 is 5.32 Å². The van der Waals surface area contributed by atoms with E-state index in [0.717, 1.165) is 31.1 Å². The highest BCUT2D eigenvalue weighted by atomic mass is 15.1. The fraction of sp³-hybridized carbons (Fsp3) is 0.357. The lowest BCUT2D eigenvalue weighted by Crippen LogP contribution is -2.10. The third-order valence-electron chi connectivity index (χ3n) is 3.37. The molecule has 1 aromatic heterocycles. The summed E-state index contributed by atoms with van der Waals surface area (Å²) >= 11 is 0. The molecule has 2 N–H and O–H groups in total. The van der Waals surface area contributed by atoms with Crippen molar-refractivity contribution in [3.8, 4) is 11.3 Å². The molecule has 1 fully saturated rings. The Morgan fingerprint density at radius 2 is 2.12 bits per heavy atom. The van der Waals surface area contributed by atoms with Gasteiger partial charge in [-0.2, -0.15) is 5.10 Å². The Labute approximate surface area is 101 Å². The molecule has 1 aliphatic heterocycles. The van der Waals surface area contributed by atoms with E-state index in [9.17, 15) is 0 Å². The molecule has 0 spiro atoms. The van der Waals surface area contributed by atoms with Crippen LogP contribution in [-0.4, -0.2) is 23.3 Å². The van der Waals surface area contributed by atoms with Gasteiger partial charge in [-0.25, -0.2) is 0 Å². The number of H-pyrrole nitrogens is 1. The van der Waals surface area contributed by atoms with E-state index in [4.69, 9.17) is 0 Å². The molecule has 2 heterocycles. The van der Waals surface area contributed by atoms with Crippen molar-refractivity contribution in [3.05, 3.63) is 42.1 Å². The molecule has 3 heteroatoms. The summed E-state index contributed by atoms with van der Waals surface area (Å²) in [6.45, 7) is 2.30. The Balaban J connectivity index is 1.74. The maximum atomic E-state index is 4.38. The van der Waals surface area contributed by atoms with Gasteiger partial charge in [-0.1, -0.05) is 30.3 Å². The van der Waals surface area contributed by atoms with Gasteiger partial charge in [-0.05, 0) is 37.9 Å². The van der Waals surface area contributed by atoms with Crippen LogP contribution >= 0.6 is 0 Å². The molecule has 2 aromatic rings. The van der Waals surface area contributed by atoms with Gasteiger partial charge >= 0.3 is 0 Å². The van der Waals surface area contributed by atoms with E-state index in [1.807, 2.05) is 18.2 Å². The predicted molar refractivity (Wildman–Crippen MR) is 68.7 cm³/mol. The summed E-state index contributed by atoms with van der Waals surface area (Å²) in [5.74, 6) is 0.763. The SMILES string of the molecule is c1ccc(-c2cc(CC3CCNC3)[nH]n2)cc1. The monoisotopic (exact) mass is 227 g/mol. The summed E-state index contributed by atoms with van der Waals surface area (Å²) in [5, 5.41) is 10.9. The largest absolute Gasteiger partial charge is 0.316 e. The maximum absolute atomic E-state index is 4.38. The highest BCUT2D eigenvalue weighted by Crippen LogP contribution is 2.20. The summed E-state index contributed by atoms with van der Waals surface area (Å²) in [4.78, 5) is 0. The van der Waals surface area contributed by atoms with Gasteiger partial charge in [0.15, 0.2) is 0 Å². The smallest absolute Gasteiger partial charge is 0.0923 e. The van der Waals surface area contributed by atoms with Crippen LogP contribution in [0.4, 0.5) is 0 Å². The number of nitrogens with zero attached hydrogens (tertiary/aromatic N) is 1. The number of hydrogen-bond acceptors (Lipinski definition) is 2. The normalized spacial score (nSPS) is 19.6. The molecule has 1 aromatic carbocycles. The third kappa shape index (κ3) is 2.39. The summed E-state index contributed by atoms with van der Waals surface area (Å²) in [6.07, 6.45) is 2.38. The van der Waals surface area contributed by atoms with Crippen molar-refractivity contribution in [2.24, 2.45) is 5.92 Å². The average Bonchev–Trinajstić information content (AvgIpc) is 3.02. The van der Waals surface area contributed by atoms with Crippen LogP contribution in [-0.2, 0) is 6.42 Å². The molecule has 3 nitrogen and oxygen atoms in total. The number of nitrogens with one attached hydrogen (secondary N) is 2. The van der Waals surface area contributed by atoms with Crippen molar-refractivity contribution in [1.29, 1.82) is 0 Å². The van der Waals surface area contributed by atoms with E-state index in [1.54, 1.807) is 0 Å². The van der Waals surface area contributed by atoms with Crippen LogP contribution in [0.15, 0.2) is 36.4 Å². The van der Waals surface area contributed by atoms with Crippen LogP contribution in [0.25, 0.3) is 11.3 Å². The van der Waals surface area contributed by atoms with E-state index in [2.05, 4.69) is 33.7 Å². The second-order valence-corrected chi connectivity index (χ2v) is 4.71. The van der Waals surface area contributed by atoms with Crippen molar-refractivity contribution < 1.29 is 0 Å². The van der Waals surface area contributed by atoms with Crippen molar-refractivity contribution in [1.82, 2.24) is 15.5 Å². The quantitative estimate of drug-likeness (QED) is 0.844. The first-order valence-corrected chi connectivity index (χ1v) is 6.22. The van der Waals surface area contributed by atoms with E-state index >= 15 is 0 Å². The van der Waals surface area contributed by atoms with Crippen LogP contribution in [0.2, 0.25) is 0 Å². The molecule has 0 amide bonds. The van der Waals surface area contributed by atoms with Crippen molar-refractivity contribution in [2.75, 3.05) is 13.1 Å². The van der Waals surface area contributed by atoms with Crippen LogP contribution in [0.1, 0.15) is 12.1 Å². The van der Waals surface area contributed by atoms with Crippen molar-refractivity contribution in [3.63, 3.8) is 0 Å². The van der Waals surface area contributed by atoms with Gasteiger partial charge in [0.05, 0.1) is 5.69 Å². The average molecular weight is 227 g/mol. The van der Waals surface area contributed by atoms with Crippen LogP contribution in [0.5, 0.6) is 0 Å². The fourth-order valence-electron chi connectivity index (χ4n) is 2.42. The van der Waals surface area contributed by atoms with Crippen LogP contribution in [0.3, 0.4) is 0 Å². The minimum absolute atomic E-state index is 0.763. The van der Waals surface area contributed by atoms with E-state index in [0.29, 0.717) is 0 Å². The van der Waals surface area contributed by atoms with Gasteiger partial charge in [0.1, 0.15) is 0 Å². The third-order valence-corrected chi connectivity index (χ3v) is 3.37. The first kappa shape index (κ1) is 10.5. The molecule has 0 saturated carbocycles. The Bertz CT molecular complexity index is 469. The lowest BCUT2D eigenvalue weighted by Gasteiger charge is -2.04. The summed E-state index contributed by atoms with van der Waals surface area (Å²) in [7, 11) is 0. The van der Waals surface area contributed by atoms with Gasteiger partial charge in [0.2, 0.25) is 0 Å². The Morgan fingerprint density at radius 3 is 2.88 bits per heavy atom. The number of aromatic amines is 1. The molecule has 0 aliphatic carbocycles. The minimum Gasteiger partial charge on any atom is -0.316 e. The minimum atomic E-state index is 0.763. The van der Waals surface area contributed by atoms with Crippen LogP contribution < -0.4 is 5.32 Å². The number of benzene rings is 1. The van der Waals surface area contributed by atoms with E-state index in [1.165, 1.54) is 17.7 Å². The Morgan fingerprint density at radius 1 is 1.24 bits per heavy atom. The first-order chi connectivity index (χ1) is 8.42. The van der Waals surface area contributed by atoms with Gasteiger partial charge in [0, 0.05) is 11.3 Å².